The fourth-order valence-electron chi connectivity index (χ4n) is 4.19. The number of rotatable bonds is 2. The lowest BCUT2D eigenvalue weighted by atomic mass is 9.53. The summed E-state index contributed by atoms with van der Waals surface area (Å²) < 4.78 is 0. The van der Waals surface area contributed by atoms with Crippen LogP contribution in [0.3, 0.4) is 0 Å². The van der Waals surface area contributed by atoms with Gasteiger partial charge in [-0.25, -0.2) is 5.10 Å². The van der Waals surface area contributed by atoms with Crippen LogP contribution in [0.15, 0.2) is 5.10 Å². The second-order valence-electron chi connectivity index (χ2n) is 5.90. The monoisotopic (exact) mass is 247 g/mol. The SMILES string of the molecule is OC12CC3C[C@H](C1)C(=N[N-]c1nn[nH]n1)[C@@H](C3)C2. The van der Waals surface area contributed by atoms with Gasteiger partial charge >= 0.3 is 0 Å². The molecular formula is C11H15N6O-. The van der Waals surface area contributed by atoms with E-state index in [4.69, 9.17) is 0 Å². The third kappa shape index (κ3) is 1.53. The van der Waals surface area contributed by atoms with Gasteiger partial charge in [-0.2, -0.15) is 0 Å². The molecule has 18 heavy (non-hydrogen) atoms. The summed E-state index contributed by atoms with van der Waals surface area (Å²) in [5, 5.41) is 28.1. The van der Waals surface area contributed by atoms with Gasteiger partial charge in [-0.15, -0.1) is 5.21 Å². The summed E-state index contributed by atoms with van der Waals surface area (Å²) in [6.07, 6.45) is 4.98. The Balaban J connectivity index is 1.58. The Kier molecular flexibility index (Phi) is 2.03. The van der Waals surface area contributed by atoms with E-state index < -0.39 is 5.60 Å². The van der Waals surface area contributed by atoms with E-state index in [2.05, 4.69) is 31.2 Å². The van der Waals surface area contributed by atoms with Crippen molar-refractivity contribution in [1.29, 1.82) is 0 Å². The van der Waals surface area contributed by atoms with Crippen LogP contribution < -0.4 is 0 Å². The summed E-state index contributed by atoms with van der Waals surface area (Å²) in [6.45, 7) is 0. The van der Waals surface area contributed by atoms with Gasteiger partial charge in [-0.1, -0.05) is 0 Å². The molecule has 96 valence electrons. The highest BCUT2D eigenvalue weighted by Crippen LogP contribution is 2.54. The molecule has 0 aliphatic heterocycles. The maximum atomic E-state index is 10.4. The van der Waals surface area contributed by atoms with Crippen molar-refractivity contribution in [2.24, 2.45) is 22.9 Å². The number of nitrogens with one attached hydrogen (secondary N) is 1. The summed E-state index contributed by atoms with van der Waals surface area (Å²) in [7, 11) is 0. The van der Waals surface area contributed by atoms with Crippen molar-refractivity contribution in [3.8, 4) is 0 Å². The molecule has 4 aliphatic carbocycles. The van der Waals surface area contributed by atoms with E-state index >= 15 is 0 Å². The molecule has 4 saturated carbocycles. The van der Waals surface area contributed by atoms with E-state index in [1.165, 1.54) is 0 Å². The summed E-state index contributed by atoms with van der Waals surface area (Å²) in [5.74, 6) is 1.75. The fraction of sp³-hybridized carbons (Fsp3) is 0.818. The predicted molar refractivity (Wildman–Crippen MR) is 63.1 cm³/mol. The summed E-state index contributed by atoms with van der Waals surface area (Å²) in [5.41, 5.74) is 4.74. The van der Waals surface area contributed by atoms with Crippen molar-refractivity contribution in [3.05, 3.63) is 5.43 Å². The first kappa shape index (κ1) is 10.4. The highest BCUT2D eigenvalue weighted by molar-refractivity contribution is 5.92. The smallest absolute Gasteiger partial charge is 0.0830 e. The number of aromatic nitrogens is 4. The van der Waals surface area contributed by atoms with Crippen LogP contribution in [0.2, 0.25) is 0 Å². The quantitative estimate of drug-likeness (QED) is 0.765. The minimum Gasteiger partial charge on any atom is -0.390 e. The lowest BCUT2D eigenvalue weighted by Crippen LogP contribution is -2.55. The van der Waals surface area contributed by atoms with Gasteiger partial charge in [0.1, 0.15) is 0 Å². The lowest BCUT2D eigenvalue weighted by Gasteiger charge is -2.54. The molecule has 4 bridgehead atoms. The van der Waals surface area contributed by atoms with Crippen LogP contribution in [-0.4, -0.2) is 37.0 Å². The van der Waals surface area contributed by atoms with Crippen LogP contribution in [0.1, 0.15) is 32.1 Å². The van der Waals surface area contributed by atoms with E-state index in [0.717, 1.165) is 37.8 Å². The molecule has 0 radical (unpaired) electrons. The van der Waals surface area contributed by atoms with Gasteiger partial charge < -0.3 is 5.11 Å². The lowest BCUT2D eigenvalue weighted by molar-refractivity contribution is -0.0824. The van der Waals surface area contributed by atoms with Gasteiger partial charge in [-0.05, 0) is 38.0 Å². The molecule has 5 rings (SSSR count). The number of nitrogens with zero attached hydrogens (tertiary/aromatic N) is 5. The molecule has 4 atom stereocenters. The second-order valence-corrected chi connectivity index (χ2v) is 5.90. The Bertz CT molecular complexity index is 466. The predicted octanol–water partition coefficient (Wildman–Crippen LogP) is 1.13. The minimum absolute atomic E-state index is 0.273. The highest BCUT2D eigenvalue weighted by Gasteiger charge is 2.53. The van der Waals surface area contributed by atoms with Gasteiger partial charge in [0.15, 0.2) is 0 Å². The maximum absolute atomic E-state index is 10.4. The number of hydrogen-bond acceptors (Lipinski definition) is 5. The van der Waals surface area contributed by atoms with Gasteiger partial charge in [0, 0.05) is 17.5 Å². The fourth-order valence-corrected chi connectivity index (χ4v) is 4.19. The molecular weight excluding hydrogens is 232 g/mol. The first-order chi connectivity index (χ1) is 8.72. The molecule has 1 aromatic rings. The first-order valence-corrected chi connectivity index (χ1v) is 6.46. The van der Waals surface area contributed by atoms with E-state index in [1.54, 1.807) is 0 Å². The number of H-pyrrole nitrogens is 1. The Hall–Kier alpha value is -1.50. The molecule has 0 spiro atoms. The van der Waals surface area contributed by atoms with Crippen molar-refractivity contribution in [3.63, 3.8) is 0 Å². The number of tetrazole rings is 1. The van der Waals surface area contributed by atoms with E-state index in [0.29, 0.717) is 17.8 Å². The van der Waals surface area contributed by atoms with Crippen LogP contribution >= 0.6 is 0 Å². The van der Waals surface area contributed by atoms with Crippen molar-refractivity contribution < 1.29 is 5.11 Å². The van der Waals surface area contributed by atoms with Crippen molar-refractivity contribution in [1.82, 2.24) is 20.6 Å². The molecule has 0 aromatic carbocycles. The van der Waals surface area contributed by atoms with E-state index in [1.807, 2.05) is 0 Å². The highest BCUT2D eigenvalue weighted by atomic mass is 16.3. The molecule has 4 aliphatic rings. The van der Waals surface area contributed by atoms with Crippen LogP contribution in [0.5, 0.6) is 0 Å². The third-order valence-corrected chi connectivity index (χ3v) is 4.58. The van der Waals surface area contributed by atoms with Crippen LogP contribution in [0, 0.1) is 17.8 Å². The molecule has 2 unspecified atom stereocenters. The summed E-state index contributed by atoms with van der Waals surface area (Å²) in [6, 6.07) is 0. The average molecular weight is 247 g/mol. The van der Waals surface area contributed by atoms with Crippen LogP contribution in [0.25, 0.3) is 5.43 Å². The Morgan fingerprint density at radius 2 is 2.06 bits per heavy atom. The van der Waals surface area contributed by atoms with Crippen molar-refractivity contribution in [2.45, 2.75) is 37.7 Å². The van der Waals surface area contributed by atoms with Crippen molar-refractivity contribution >= 4 is 11.7 Å². The molecule has 4 fully saturated rings. The molecule has 0 saturated heterocycles. The molecule has 7 nitrogen and oxygen atoms in total. The van der Waals surface area contributed by atoms with Crippen molar-refractivity contribution in [2.75, 3.05) is 0 Å². The Morgan fingerprint density at radius 1 is 1.28 bits per heavy atom. The Morgan fingerprint density at radius 3 is 2.67 bits per heavy atom. The minimum atomic E-state index is -0.429. The standard InChI is InChI=1S/C11H15N6O/c18-11-3-6-1-7(4-11)9(8(2-6)5-11)12-13-10-14-16-17-15-10/h6-8,18H,1-5H2,(H-,13,14,15,16,17)/q-1/t6?,7-,8+,11?. The van der Waals surface area contributed by atoms with Gasteiger partial charge in [0.05, 0.1) is 11.5 Å². The zero-order valence-electron chi connectivity index (χ0n) is 9.95. The van der Waals surface area contributed by atoms with Gasteiger partial charge in [0.2, 0.25) is 0 Å². The van der Waals surface area contributed by atoms with Crippen LogP contribution in [0.4, 0.5) is 5.95 Å². The van der Waals surface area contributed by atoms with Crippen LogP contribution in [-0.2, 0) is 0 Å². The number of hydrogen-bond donors (Lipinski definition) is 2. The molecule has 2 N–H and O–H groups in total. The normalized spacial score (nSPS) is 43.6. The molecule has 0 amide bonds. The van der Waals surface area contributed by atoms with Gasteiger partial charge in [0.25, 0.3) is 0 Å². The molecule has 1 aromatic heterocycles. The van der Waals surface area contributed by atoms with E-state index in [9.17, 15) is 5.11 Å². The molecule has 1 heterocycles. The number of aliphatic hydroxyl groups is 1. The largest absolute Gasteiger partial charge is 0.390 e. The van der Waals surface area contributed by atoms with E-state index in [-0.39, 0.29) is 5.95 Å². The van der Waals surface area contributed by atoms with Gasteiger partial charge in [-0.3, -0.25) is 20.8 Å². The third-order valence-electron chi connectivity index (χ3n) is 4.58. The summed E-state index contributed by atoms with van der Waals surface area (Å²) in [4.78, 5) is 0. The zero-order chi connectivity index (χ0) is 12.2. The Labute approximate surface area is 104 Å². The second kappa shape index (κ2) is 3.50. The zero-order valence-corrected chi connectivity index (χ0v) is 9.95. The maximum Gasteiger partial charge on any atom is 0.0830 e. The first-order valence-electron chi connectivity index (χ1n) is 6.46. The molecule has 7 heteroatoms. The average Bonchev–Trinajstić information content (AvgIpc) is 2.78. The summed E-state index contributed by atoms with van der Waals surface area (Å²) >= 11 is 0. The topological polar surface area (TPSA) is 101 Å². The number of aromatic amines is 1.